The van der Waals surface area contributed by atoms with Crippen LogP contribution < -0.4 is 0 Å². The van der Waals surface area contributed by atoms with Gasteiger partial charge in [-0.2, -0.15) is 0 Å². The number of unbranched alkanes of at least 4 members (excludes halogenated alkanes) is 23. The van der Waals surface area contributed by atoms with Gasteiger partial charge in [-0.1, -0.05) is 220 Å². The Bertz CT molecular complexity index is 372. The number of hydrogen-bond donors (Lipinski definition) is 0. The van der Waals surface area contributed by atoms with Crippen molar-refractivity contribution in [1.29, 1.82) is 0 Å². The van der Waals surface area contributed by atoms with E-state index in [2.05, 4.69) is 27.7 Å². The Kier molecular flexibility index (Phi) is 31.2. The fourth-order valence-corrected chi connectivity index (χ4v) is 5.94. The Morgan fingerprint density at radius 3 is 0.667 bits per heavy atom. The normalized spacial score (nSPS) is 13.3. The Balaban J connectivity index is 3.19. The number of hydrogen-bond acceptors (Lipinski definition) is 0. The molecule has 0 amide bonds. The van der Waals surface area contributed by atoms with Gasteiger partial charge in [0.25, 0.3) is 0 Å². The predicted octanol–water partition coefficient (Wildman–Crippen LogP) is 14.0. The zero-order valence-electron chi connectivity index (χ0n) is 26.4. The van der Waals surface area contributed by atoms with Crippen LogP contribution >= 0.6 is 0 Å². The highest BCUT2D eigenvalue weighted by molar-refractivity contribution is 4.58. The minimum absolute atomic E-state index is 0.964. The van der Waals surface area contributed by atoms with Gasteiger partial charge in [0.1, 0.15) is 0 Å². The summed E-state index contributed by atoms with van der Waals surface area (Å²) in [4.78, 5) is 0. The maximum Gasteiger partial charge on any atom is -0.0443 e. The molecule has 0 aliphatic heterocycles. The van der Waals surface area contributed by atoms with Crippen molar-refractivity contribution in [2.45, 2.75) is 220 Å². The van der Waals surface area contributed by atoms with Crippen molar-refractivity contribution in [3.8, 4) is 0 Å². The van der Waals surface area contributed by atoms with E-state index in [1.165, 1.54) is 193 Å². The third kappa shape index (κ3) is 30.2. The molecule has 0 N–H and O–H groups in total. The summed E-state index contributed by atoms with van der Waals surface area (Å²) in [5.74, 6) is 1.93. The fraction of sp³-hybridized carbons (Fsp3) is 1.00. The maximum atomic E-state index is 2.51. The summed E-state index contributed by atoms with van der Waals surface area (Å²) in [6.07, 6.45) is 44.1. The summed E-state index contributed by atoms with van der Waals surface area (Å²) in [6, 6.07) is 0. The first kappa shape index (κ1) is 36.0. The van der Waals surface area contributed by atoms with Crippen LogP contribution in [0.3, 0.4) is 0 Å². The van der Waals surface area contributed by atoms with E-state index in [9.17, 15) is 0 Å². The molecule has 0 saturated carbocycles. The van der Waals surface area contributed by atoms with Crippen LogP contribution in [-0.4, -0.2) is 0 Å². The lowest BCUT2D eigenvalue weighted by Crippen LogP contribution is -1.95. The lowest BCUT2D eigenvalue weighted by molar-refractivity contribution is 0.423. The summed E-state index contributed by atoms with van der Waals surface area (Å²) < 4.78 is 0. The van der Waals surface area contributed by atoms with Crippen molar-refractivity contribution in [3.05, 3.63) is 0 Å². The van der Waals surface area contributed by atoms with Crippen molar-refractivity contribution in [1.82, 2.24) is 0 Å². The van der Waals surface area contributed by atoms with Gasteiger partial charge in [-0.15, -0.1) is 0 Å². The standard InChI is InChI=1S/C36H74/c1-5-7-9-10-11-12-13-14-15-16-17-18-19-21-24-29-33-36(4)34-30-26-23-20-22-25-28-32-35(3)31-27-8-6-2/h35-36H,5-34H2,1-4H3. The second kappa shape index (κ2) is 31.2. The highest BCUT2D eigenvalue weighted by atomic mass is 14.1. The van der Waals surface area contributed by atoms with E-state index < -0.39 is 0 Å². The monoisotopic (exact) mass is 507 g/mol. The first-order chi connectivity index (χ1) is 17.7. The minimum Gasteiger partial charge on any atom is -0.0654 e. The summed E-state index contributed by atoms with van der Waals surface area (Å²) in [7, 11) is 0. The van der Waals surface area contributed by atoms with Gasteiger partial charge in [-0.05, 0) is 11.8 Å². The quantitative estimate of drug-likeness (QED) is 0.0820. The molecule has 0 aromatic rings. The lowest BCUT2D eigenvalue weighted by Gasteiger charge is -2.11. The van der Waals surface area contributed by atoms with Crippen molar-refractivity contribution in [3.63, 3.8) is 0 Å². The summed E-state index contributed by atoms with van der Waals surface area (Å²) in [5, 5.41) is 0. The topological polar surface area (TPSA) is 0 Å². The molecule has 2 atom stereocenters. The molecule has 0 nitrogen and oxygen atoms in total. The molecule has 0 rings (SSSR count). The molecule has 2 unspecified atom stereocenters. The van der Waals surface area contributed by atoms with Crippen LogP contribution in [0, 0.1) is 11.8 Å². The minimum atomic E-state index is 0.964. The van der Waals surface area contributed by atoms with Crippen LogP contribution in [0.5, 0.6) is 0 Å². The van der Waals surface area contributed by atoms with E-state index in [-0.39, 0.29) is 0 Å². The molecule has 0 heterocycles. The zero-order valence-corrected chi connectivity index (χ0v) is 26.4. The van der Waals surface area contributed by atoms with Gasteiger partial charge in [0.2, 0.25) is 0 Å². The summed E-state index contributed by atoms with van der Waals surface area (Å²) >= 11 is 0. The van der Waals surface area contributed by atoms with Gasteiger partial charge in [-0.3, -0.25) is 0 Å². The van der Waals surface area contributed by atoms with Gasteiger partial charge in [0.15, 0.2) is 0 Å². The maximum absolute atomic E-state index is 2.51. The molecule has 0 bridgehead atoms. The average Bonchev–Trinajstić information content (AvgIpc) is 2.87. The Morgan fingerprint density at radius 2 is 0.417 bits per heavy atom. The summed E-state index contributed by atoms with van der Waals surface area (Å²) in [5.41, 5.74) is 0. The van der Waals surface area contributed by atoms with E-state index in [0.717, 1.165) is 11.8 Å². The zero-order chi connectivity index (χ0) is 26.4. The van der Waals surface area contributed by atoms with E-state index >= 15 is 0 Å². The molecule has 0 aliphatic rings. The predicted molar refractivity (Wildman–Crippen MR) is 168 cm³/mol. The molecule has 36 heavy (non-hydrogen) atoms. The Hall–Kier alpha value is 0. The second-order valence-electron chi connectivity index (χ2n) is 12.9. The van der Waals surface area contributed by atoms with Gasteiger partial charge in [0, 0.05) is 0 Å². The van der Waals surface area contributed by atoms with E-state index in [1.54, 1.807) is 0 Å². The van der Waals surface area contributed by atoms with Crippen molar-refractivity contribution >= 4 is 0 Å². The van der Waals surface area contributed by atoms with Gasteiger partial charge >= 0.3 is 0 Å². The van der Waals surface area contributed by atoms with Crippen LogP contribution in [0.1, 0.15) is 220 Å². The third-order valence-corrected chi connectivity index (χ3v) is 8.74. The first-order valence-corrected chi connectivity index (χ1v) is 17.7. The van der Waals surface area contributed by atoms with Crippen LogP contribution in [0.4, 0.5) is 0 Å². The molecule has 0 aromatic heterocycles. The highest BCUT2D eigenvalue weighted by Gasteiger charge is 2.03. The lowest BCUT2D eigenvalue weighted by atomic mass is 9.95. The molecule has 0 fully saturated rings. The van der Waals surface area contributed by atoms with Crippen LogP contribution in [-0.2, 0) is 0 Å². The molecular formula is C36H74. The molecule has 0 heteroatoms. The van der Waals surface area contributed by atoms with Gasteiger partial charge in [-0.25, -0.2) is 0 Å². The van der Waals surface area contributed by atoms with Crippen LogP contribution in [0.2, 0.25) is 0 Å². The fourth-order valence-electron chi connectivity index (χ4n) is 5.94. The van der Waals surface area contributed by atoms with Crippen LogP contribution in [0.25, 0.3) is 0 Å². The van der Waals surface area contributed by atoms with Crippen molar-refractivity contribution in [2.24, 2.45) is 11.8 Å². The van der Waals surface area contributed by atoms with Crippen molar-refractivity contribution < 1.29 is 0 Å². The molecular weight excluding hydrogens is 432 g/mol. The highest BCUT2D eigenvalue weighted by Crippen LogP contribution is 2.20. The van der Waals surface area contributed by atoms with E-state index in [0.29, 0.717) is 0 Å². The van der Waals surface area contributed by atoms with Crippen molar-refractivity contribution in [2.75, 3.05) is 0 Å². The molecule has 0 aliphatic carbocycles. The number of rotatable bonds is 31. The Morgan fingerprint density at radius 1 is 0.250 bits per heavy atom. The van der Waals surface area contributed by atoms with E-state index in [4.69, 9.17) is 0 Å². The van der Waals surface area contributed by atoms with E-state index in [1.807, 2.05) is 0 Å². The molecule has 218 valence electrons. The van der Waals surface area contributed by atoms with Gasteiger partial charge in [0.05, 0.1) is 0 Å². The van der Waals surface area contributed by atoms with Crippen LogP contribution in [0.15, 0.2) is 0 Å². The molecule has 0 radical (unpaired) electrons. The molecule has 0 saturated heterocycles. The summed E-state index contributed by atoms with van der Waals surface area (Å²) in [6.45, 7) is 9.60. The van der Waals surface area contributed by atoms with Gasteiger partial charge < -0.3 is 0 Å². The Labute approximate surface area is 232 Å². The average molecular weight is 507 g/mol. The SMILES string of the molecule is CCCCCCCCCCCCCCCCCCC(C)CCCCCCCCCC(C)CCCCC. The largest absolute Gasteiger partial charge is 0.0654 e. The third-order valence-electron chi connectivity index (χ3n) is 8.74. The smallest absolute Gasteiger partial charge is 0.0443 e. The second-order valence-corrected chi connectivity index (χ2v) is 12.9. The molecule has 0 aromatic carbocycles. The first-order valence-electron chi connectivity index (χ1n) is 17.7. The molecule has 0 spiro atoms.